The second kappa shape index (κ2) is 8.65. The Balaban J connectivity index is 1.43. The second-order valence-electron chi connectivity index (χ2n) is 6.97. The zero-order valence-corrected chi connectivity index (χ0v) is 17.7. The number of hydrogen-bond donors (Lipinski definition) is 2. The van der Waals surface area contributed by atoms with Crippen molar-refractivity contribution in [3.05, 3.63) is 58.7 Å². The first-order valence-corrected chi connectivity index (χ1v) is 10.4. The molecular weight excluding hydrogens is 434 g/mol. The third-order valence-electron chi connectivity index (χ3n) is 4.72. The van der Waals surface area contributed by atoms with Crippen LogP contribution < -0.4 is 15.5 Å². The highest BCUT2D eigenvalue weighted by atomic mass is 79.9. The number of amides is 1. The van der Waals surface area contributed by atoms with Crippen molar-refractivity contribution in [2.24, 2.45) is 0 Å². The molecular formula is C21H22BrN5O2. The number of piperidine rings is 1. The lowest BCUT2D eigenvalue weighted by Gasteiger charge is -2.28. The molecule has 0 bridgehead atoms. The largest absolute Gasteiger partial charge is 0.444 e. The highest BCUT2D eigenvalue weighted by Crippen LogP contribution is 2.24. The molecule has 8 heteroatoms. The molecule has 0 atom stereocenters. The Bertz CT molecular complexity index is 997. The number of nitrogens with zero attached hydrogens (tertiary/aromatic N) is 3. The van der Waals surface area contributed by atoms with Crippen LogP contribution in [0.15, 0.2) is 51.6 Å². The van der Waals surface area contributed by atoms with Crippen LogP contribution in [0.4, 0.5) is 23.0 Å². The third kappa shape index (κ3) is 4.95. The van der Waals surface area contributed by atoms with E-state index in [-0.39, 0.29) is 11.7 Å². The van der Waals surface area contributed by atoms with Crippen molar-refractivity contribution in [3.8, 4) is 0 Å². The number of anilines is 4. The van der Waals surface area contributed by atoms with E-state index in [1.807, 2.05) is 37.3 Å². The molecule has 0 spiro atoms. The van der Waals surface area contributed by atoms with E-state index < -0.39 is 0 Å². The molecule has 4 rings (SSSR count). The Morgan fingerprint density at radius 1 is 1.03 bits per heavy atom. The number of halogens is 1. The third-order valence-corrected chi connectivity index (χ3v) is 5.14. The van der Waals surface area contributed by atoms with Crippen molar-refractivity contribution < 1.29 is 9.21 Å². The van der Waals surface area contributed by atoms with Gasteiger partial charge < -0.3 is 20.0 Å². The number of hydrogen-bond acceptors (Lipinski definition) is 6. The van der Waals surface area contributed by atoms with Gasteiger partial charge in [0.1, 0.15) is 17.5 Å². The predicted octanol–water partition coefficient (Wildman–Crippen LogP) is 5.13. The molecule has 1 aliphatic heterocycles. The van der Waals surface area contributed by atoms with Crippen molar-refractivity contribution in [1.29, 1.82) is 0 Å². The molecule has 150 valence electrons. The number of aromatic nitrogens is 2. The van der Waals surface area contributed by atoms with Gasteiger partial charge in [0.15, 0.2) is 10.4 Å². The van der Waals surface area contributed by atoms with Crippen molar-refractivity contribution in [2.45, 2.75) is 26.2 Å². The van der Waals surface area contributed by atoms with Gasteiger partial charge >= 0.3 is 0 Å². The molecule has 1 amide bonds. The Labute approximate surface area is 177 Å². The van der Waals surface area contributed by atoms with E-state index in [4.69, 9.17) is 4.42 Å². The van der Waals surface area contributed by atoms with Crippen LogP contribution in [0.2, 0.25) is 0 Å². The first-order chi connectivity index (χ1) is 14.1. The quantitative estimate of drug-likeness (QED) is 0.554. The summed E-state index contributed by atoms with van der Waals surface area (Å²) in [5.74, 6) is 2.42. The highest BCUT2D eigenvalue weighted by molar-refractivity contribution is 9.10. The number of rotatable bonds is 5. The fourth-order valence-electron chi connectivity index (χ4n) is 3.31. The fraction of sp³-hybridized carbons (Fsp3) is 0.286. The maximum Gasteiger partial charge on any atom is 0.291 e. The molecule has 0 radical (unpaired) electrons. The number of aryl methyl sites for hydroxylation is 1. The molecule has 7 nitrogen and oxygen atoms in total. The average Bonchev–Trinajstić information content (AvgIpc) is 3.16. The molecule has 1 fully saturated rings. The predicted molar refractivity (Wildman–Crippen MR) is 117 cm³/mol. The lowest BCUT2D eigenvalue weighted by Crippen LogP contribution is -2.30. The number of benzene rings is 1. The topological polar surface area (TPSA) is 83.3 Å². The van der Waals surface area contributed by atoms with E-state index in [9.17, 15) is 4.79 Å². The van der Waals surface area contributed by atoms with Gasteiger partial charge in [-0.1, -0.05) is 0 Å². The monoisotopic (exact) mass is 455 g/mol. The van der Waals surface area contributed by atoms with Gasteiger partial charge in [0, 0.05) is 30.5 Å². The molecule has 1 aliphatic rings. The molecule has 3 heterocycles. The lowest BCUT2D eigenvalue weighted by molar-refractivity contribution is 0.0995. The molecule has 0 saturated carbocycles. The van der Waals surface area contributed by atoms with E-state index in [1.165, 1.54) is 19.3 Å². The van der Waals surface area contributed by atoms with Crippen LogP contribution in [0.5, 0.6) is 0 Å². The molecule has 1 saturated heterocycles. The maximum absolute atomic E-state index is 12.2. The zero-order chi connectivity index (χ0) is 20.2. The van der Waals surface area contributed by atoms with Gasteiger partial charge in [-0.3, -0.25) is 4.79 Å². The Morgan fingerprint density at radius 2 is 1.76 bits per heavy atom. The number of nitrogens with one attached hydrogen (secondary N) is 2. The number of carbonyl (C=O) groups is 1. The van der Waals surface area contributed by atoms with Crippen LogP contribution >= 0.6 is 15.9 Å². The standard InChI is InChI=1S/C21H22BrN5O2/c1-14-23-19(13-20(24-14)27-11-3-2-4-12-27)25-15-5-7-16(8-6-15)26-21(28)17-9-10-18(22)29-17/h5-10,13H,2-4,11-12H2,1H3,(H,26,28)(H,23,24,25). The van der Waals surface area contributed by atoms with Gasteiger partial charge in [0.2, 0.25) is 0 Å². The van der Waals surface area contributed by atoms with E-state index in [2.05, 4.69) is 41.4 Å². The smallest absolute Gasteiger partial charge is 0.291 e. The molecule has 0 unspecified atom stereocenters. The minimum atomic E-state index is -0.297. The lowest BCUT2D eigenvalue weighted by atomic mass is 10.1. The van der Waals surface area contributed by atoms with Crippen LogP contribution in [-0.4, -0.2) is 29.0 Å². The minimum absolute atomic E-state index is 0.251. The first kappa shape index (κ1) is 19.4. The Kier molecular flexibility index (Phi) is 5.80. The van der Waals surface area contributed by atoms with E-state index in [0.29, 0.717) is 10.4 Å². The van der Waals surface area contributed by atoms with Crippen LogP contribution in [0.3, 0.4) is 0 Å². The summed E-state index contributed by atoms with van der Waals surface area (Å²) < 4.78 is 5.79. The summed E-state index contributed by atoms with van der Waals surface area (Å²) in [5, 5.41) is 6.13. The molecule has 1 aromatic carbocycles. The normalized spacial score (nSPS) is 13.9. The molecule has 2 aromatic heterocycles. The fourth-order valence-corrected chi connectivity index (χ4v) is 3.62. The van der Waals surface area contributed by atoms with Gasteiger partial charge in [-0.05, 0) is 78.5 Å². The summed E-state index contributed by atoms with van der Waals surface area (Å²) >= 11 is 3.19. The van der Waals surface area contributed by atoms with Gasteiger partial charge in [0.25, 0.3) is 5.91 Å². The van der Waals surface area contributed by atoms with Gasteiger partial charge in [-0.2, -0.15) is 0 Å². The van der Waals surface area contributed by atoms with Crippen LogP contribution in [0.1, 0.15) is 35.6 Å². The van der Waals surface area contributed by atoms with E-state index in [0.717, 1.165) is 36.2 Å². The average molecular weight is 456 g/mol. The van der Waals surface area contributed by atoms with E-state index >= 15 is 0 Å². The summed E-state index contributed by atoms with van der Waals surface area (Å²) in [7, 11) is 0. The molecule has 29 heavy (non-hydrogen) atoms. The summed E-state index contributed by atoms with van der Waals surface area (Å²) in [6, 6.07) is 12.7. The minimum Gasteiger partial charge on any atom is -0.444 e. The summed E-state index contributed by atoms with van der Waals surface area (Å²) in [6.07, 6.45) is 3.69. The van der Waals surface area contributed by atoms with Gasteiger partial charge in [-0.25, -0.2) is 9.97 Å². The zero-order valence-electron chi connectivity index (χ0n) is 16.1. The summed E-state index contributed by atoms with van der Waals surface area (Å²) in [6.45, 7) is 3.98. The summed E-state index contributed by atoms with van der Waals surface area (Å²) in [5.41, 5.74) is 1.56. The molecule has 3 aromatic rings. The number of furan rings is 1. The van der Waals surface area contributed by atoms with Gasteiger partial charge in [-0.15, -0.1) is 0 Å². The van der Waals surface area contributed by atoms with Crippen molar-refractivity contribution in [2.75, 3.05) is 28.6 Å². The van der Waals surface area contributed by atoms with Crippen LogP contribution in [0.25, 0.3) is 0 Å². The van der Waals surface area contributed by atoms with E-state index in [1.54, 1.807) is 12.1 Å². The second-order valence-corrected chi connectivity index (χ2v) is 7.75. The van der Waals surface area contributed by atoms with Gasteiger partial charge in [0.05, 0.1) is 0 Å². The highest BCUT2D eigenvalue weighted by Gasteiger charge is 2.14. The van der Waals surface area contributed by atoms with Crippen LogP contribution in [0, 0.1) is 6.92 Å². The number of carbonyl (C=O) groups excluding carboxylic acids is 1. The van der Waals surface area contributed by atoms with Crippen molar-refractivity contribution in [3.63, 3.8) is 0 Å². The van der Waals surface area contributed by atoms with Crippen molar-refractivity contribution in [1.82, 2.24) is 9.97 Å². The van der Waals surface area contributed by atoms with Crippen molar-refractivity contribution >= 4 is 44.8 Å². The SMILES string of the molecule is Cc1nc(Nc2ccc(NC(=O)c3ccc(Br)o3)cc2)cc(N2CCCCC2)n1. The maximum atomic E-state index is 12.2. The summed E-state index contributed by atoms with van der Waals surface area (Å²) in [4.78, 5) is 23.6. The molecule has 0 aliphatic carbocycles. The van der Waals surface area contributed by atoms with Crippen LogP contribution in [-0.2, 0) is 0 Å². The first-order valence-electron chi connectivity index (χ1n) is 9.61. The molecule has 2 N–H and O–H groups in total. The Morgan fingerprint density at radius 3 is 2.45 bits per heavy atom. The Hall–Kier alpha value is -2.87.